The average Bonchev–Trinajstić information content (AvgIpc) is 2.29. The summed E-state index contributed by atoms with van der Waals surface area (Å²) in [4.78, 5) is 14.9. The Kier molecular flexibility index (Phi) is 3.82. The summed E-state index contributed by atoms with van der Waals surface area (Å²) in [6, 6.07) is 6.26. The number of amides is 1. The smallest absolute Gasteiger partial charge is 0.237 e. The molecule has 1 heterocycles. The van der Waals surface area contributed by atoms with Crippen LogP contribution in [0.1, 0.15) is 13.8 Å². The molecule has 1 amide bonds. The van der Waals surface area contributed by atoms with E-state index in [1.54, 1.807) is 11.8 Å². The van der Waals surface area contributed by atoms with Gasteiger partial charge in [-0.25, -0.2) is 0 Å². The minimum absolute atomic E-state index is 0.0230. The zero-order valence-electron chi connectivity index (χ0n) is 10.9. The largest absolute Gasteiger partial charge is 0.373 e. The third-order valence-corrected chi connectivity index (χ3v) is 4.07. The van der Waals surface area contributed by atoms with Gasteiger partial charge in [0.2, 0.25) is 5.91 Å². The van der Waals surface area contributed by atoms with Crippen molar-refractivity contribution < 1.29 is 4.79 Å². The van der Waals surface area contributed by atoms with Crippen LogP contribution >= 0.6 is 11.8 Å². The van der Waals surface area contributed by atoms with E-state index in [-0.39, 0.29) is 17.2 Å². The molecule has 1 aliphatic heterocycles. The number of carbonyl (C=O) groups excluding carboxylic acids is 1. The fourth-order valence-electron chi connectivity index (χ4n) is 1.97. The Morgan fingerprint density at radius 3 is 2.94 bits per heavy atom. The summed E-state index contributed by atoms with van der Waals surface area (Å²) in [6.45, 7) is 4.68. The lowest BCUT2D eigenvalue weighted by atomic mass is 10.2. The number of hydrogen-bond acceptors (Lipinski definition) is 4. The molecular formula is C13H19N3OS. The van der Waals surface area contributed by atoms with Gasteiger partial charge in [0.05, 0.1) is 10.9 Å². The Labute approximate surface area is 112 Å². The summed E-state index contributed by atoms with van der Waals surface area (Å²) in [7, 11) is 2.01. The zero-order chi connectivity index (χ0) is 13.3. The van der Waals surface area contributed by atoms with Crippen molar-refractivity contribution in [2.24, 2.45) is 5.73 Å². The molecular weight excluding hydrogens is 246 g/mol. The standard InChI is InChI=1S/C13H19N3OS/c1-8(14)7-16(3)10-4-5-12-11(6-10)15-13(17)9(2)18-12/h4-6,8-9H,7,14H2,1-3H3,(H,15,17). The number of nitrogens with zero attached hydrogens (tertiary/aromatic N) is 1. The third kappa shape index (κ3) is 2.79. The van der Waals surface area contributed by atoms with Crippen molar-refractivity contribution in [2.45, 2.75) is 30.0 Å². The van der Waals surface area contributed by atoms with Gasteiger partial charge in [-0.05, 0) is 32.0 Å². The molecule has 98 valence electrons. The maximum atomic E-state index is 11.7. The molecule has 1 aromatic rings. The Morgan fingerprint density at radius 2 is 2.28 bits per heavy atom. The van der Waals surface area contributed by atoms with Gasteiger partial charge in [-0.15, -0.1) is 11.8 Å². The highest BCUT2D eigenvalue weighted by atomic mass is 32.2. The minimum Gasteiger partial charge on any atom is -0.373 e. The second-order valence-electron chi connectivity index (χ2n) is 4.79. The van der Waals surface area contributed by atoms with Crippen LogP contribution in [0.15, 0.2) is 23.1 Å². The molecule has 0 aromatic heterocycles. The first-order valence-electron chi connectivity index (χ1n) is 6.05. The van der Waals surface area contributed by atoms with Gasteiger partial charge in [0.15, 0.2) is 0 Å². The number of nitrogens with one attached hydrogen (secondary N) is 1. The monoisotopic (exact) mass is 265 g/mol. The van der Waals surface area contributed by atoms with E-state index in [0.29, 0.717) is 0 Å². The van der Waals surface area contributed by atoms with E-state index in [1.807, 2.05) is 27.0 Å². The van der Waals surface area contributed by atoms with Crippen LogP contribution in [0.4, 0.5) is 11.4 Å². The van der Waals surface area contributed by atoms with E-state index in [0.717, 1.165) is 22.8 Å². The van der Waals surface area contributed by atoms with Gasteiger partial charge in [0.25, 0.3) is 0 Å². The fraction of sp³-hybridized carbons (Fsp3) is 0.462. The van der Waals surface area contributed by atoms with Crippen molar-refractivity contribution in [3.05, 3.63) is 18.2 Å². The van der Waals surface area contributed by atoms with Gasteiger partial charge in [-0.1, -0.05) is 0 Å². The highest BCUT2D eigenvalue weighted by Gasteiger charge is 2.23. The molecule has 0 radical (unpaired) electrons. The predicted octanol–water partition coefficient (Wildman–Crippen LogP) is 1.90. The van der Waals surface area contributed by atoms with Crippen LogP contribution in [0.5, 0.6) is 0 Å². The second kappa shape index (κ2) is 5.20. The molecule has 2 unspecified atom stereocenters. The first kappa shape index (κ1) is 13.2. The molecule has 0 saturated carbocycles. The van der Waals surface area contributed by atoms with E-state index in [1.165, 1.54) is 0 Å². The van der Waals surface area contributed by atoms with Gasteiger partial charge in [-0.3, -0.25) is 4.79 Å². The van der Waals surface area contributed by atoms with Crippen molar-refractivity contribution in [2.75, 3.05) is 23.8 Å². The molecule has 2 rings (SSSR count). The number of anilines is 2. The van der Waals surface area contributed by atoms with Gasteiger partial charge in [0, 0.05) is 30.2 Å². The van der Waals surface area contributed by atoms with Crippen LogP contribution in [0.25, 0.3) is 0 Å². The summed E-state index contributed by atoms with van der Waals surface area (Å²) >= 11 is 1.60. The molecule has 0 fully saturated rings. The molecule has 4 nitrogen and oxygen atoms in total. The minimum atomic E-state index is -0.0230. The average molecular weight is 265 g/mol. The molecule has 3 N–H and O–H groups in total. The van der Waals surface area contributed by atoms with E-state index < -0.39 is 0 Å². The Morgan fingerprint density at radius 1 is 1.56 bits per heavy atom. The summed E-state index contributed by atoms with van der Waals surface area (Å²) in [6.07, 6.45) is 0. The van der Waals surface area contributed by atoms with Gasteiger partial charge in [0.1, 0.15) is 0 Å². The van der Waals surface area contributed by atoms with Crippen LogP contribution in [0.3, 0.4) is 0 Å². The van der Waals surface area contributed by atoms with E-state index in [2.05, 4.69) is 22.3 Å². The lowest BCUT2D eigenvalue weighted by molar-refractivity contribution is -0.115. The summed E-state index contributed by atoms with van der Waals surface area (Å²) in [5.41, 5.74) is 7.76. The van der Waals surface area contributed by atoms with Gasteiger partial charge < -0.3 is 16.0 Å². The number of carbonyl (C=O) groups is 1. The maximum Gasteiger partial charge on any atom is 0.237 e. The third-order valence-electron chi connectivity index (χ3n) is 2.90. The highest BCUT2D eigenvalue weighted by Crippen LogP contribution is 2.37. The number of fused-ring (bicyclic) bond motifs is 1. The number of nitrogens with two attached hydrogens (primary N) is 1. The van der Waals surface area contributed by atoms with E-state index in [9.17, 15) is 4.79 Å². The highest BCUT2D eigenvalue weighted by molar-refractivity contribution is 8.00. The van der Waals surface area contributed by atoms with Gasteiger partial charge >= 0.3 is 0 Å². The summed E-state index contributed by atoms with van der Waals surface area (Å²) in [5.74, 6) is 0.0690. The number of likely N-dealkylation sites (N-methyl/N-ethyl adjacent to an activating group) is 1. The first-order valence-corrected chi connectivity index (χ1v) is 6.93. The van der Waals surface area contributed by atoms with Crippen molar-refractivity contribution in [1.29, 1.82) is 0 Å². The van der Waals surface area contributed by atoms with Crippen LogP contribution < -0.4 is 16.0 Å². The first-order chi connectivity index (χ1) is 8.47. The van der Waals surface area contributed by atoms with E-state index >= 15 is 0 Å². The number of thioether (sulfide) groups is 1. The molecule has 5 heteroatoms. The number of benzene rings is 1. The molecule has 0 aliphatic carbocycles. The maximum absolute atomic E-state index is 11.7. The van der Waals surface area contributed by atoms with Gasteiger partial charge in [-0.2, -0.15) is 0 Å². The van der Waals surface area contributed by atoms with Crippen LogP contribution in [0.2, 0.25) is 0 Å². The Bertz CT molecular complexity index is 462. The Balaban J connectivity index is 2.22. The summed E-state index contributed by atoms with van der Waals surface area (Å²) < 4.78 is 0. The van der Waals surface area contributed by atoms with Crippen LogP contribution in [-0.4, -0.2) is 30.8 Å². The molecule has 0 bridgehead atoms. The van der Waals surface area contributed by atoms with Crippen molar-refractivity contribution in [3.63, 3.8) is 0 Å². The molecule has 0 spiro atoms. The topological polar surface area (TPSA) is 58.4 Å². The summed E-state index contributed by atoms with van der Waals surface area (Å²) in [5, 5.41) is 2.92. The lowest BCUT2D eigenvalue weighted by Crippen LogP contribution is -2.33. The van der Waals surface area contributed by atoms with Crippen LogP contribution in [0, 0.1) is 0 Å². The quantitative estimate of drug-likeness (QED) is 0.876. The molecule has 0 saturated heterocycles. The second-order valence-corrected chi connectivity index (χ2v) is 6.17. The van der Waals surface area contributed by atoms with Crippen molar-refractivity contribution in [3.8, 4) is 0 Å². The normalized spacial score (nSPS) is 20.0. The SMILES string of the molecule is CC(N)CN(C)c1ccc2c(c1)NC(=O)C(C)S2. The number of hydrogen-bond donors (Lipinski definition) is 2. The van der Waals surface area contributed by atoms with Crippen molar-refractivity contribution in [1.82, 2.24) is 0 Å². The van der Waals surface area contributed by atoms with E-state index in [4.69, 9.17) is 5.73 Å². The molecule has 1 aliphatic rings. The fourth-order valence-corrected chi connectivity index (χ4v) is 2.90. The predicted molar refractivity (Wildman–Crippen MR) is 77.3 cm³/mol. The molecule has 1 aromatic carbocycles. The molecule has 18 heavy (non-hydrogen) atoms. The van der Waals surface area contributed by atoms with Crippen molar-refractivity contribution >= 4 is 29.0 Å². The zero-order valence-corrected chi connectivity index (χ0v) is 11.8. The lowest BCUT2D eigenvalue weighted by Gasteiger charge is -2.26. The molecule has 2 atom stereocenters. The van der Waals surface area contributed by atoms with Crippen LogP contribution in [-0.2, 0) is 4.79 Å². The number of rotatable bonds is 3. The Hall–Kier alpha value is -1.20.